The van der Waals surface area contributed by atoms with E-state index in [-0.39, 0.29) is 10.6 Å². The fourth-order valence-corrected chi connectivity index (χ4v) is 4.81. The first kappa shape index (κ1) is 24.9. The number of hydrogen-bond donors (Lipinski definition) is 1. The number of benzene rings is 3. The summed E-state index contributed by atoms with van der Waals surface area (Å²) < 4.78 is 32.7. The van der Waals surface area contributed by atoms with Gasteiger partial charge in [-0.2, -0.15) is 5.10 Å². The summed E-state index contributed by atoms with van der Waals surface area (Å²) in [6, 6.07) is 16.8. The highest BCUT2D eigenvalue weighted by molar-refractivity contribution is 7.92. The minimum Gasteiger partial charge on any atom is -0.497 e. The maximum absolute atomic E-state index is 13.3. The van der Waals surface area contributed by atoms with Crippen molar-refractivity contribution in [3.8, 4) is 5.75 Å². The highest BCUT2D eigenvalue weighted by Gasteiger charge is 2.27. The van der Waals surface area contributed by atoms with Gasteiger partial charge in [0.25, 0.3) is 15.9 Å². The highest BCUT2D eigenvalue weighted by Crippen LogP contribution is 2.26. The number of ether oxygens (including phenoxy) is 1. The first-order valence-electron chi connectivity index (χ1n) is 9.40. The molecule has 0 bridgehead atoms. The second kappa shape index (κ2) is 10.9. The summed E-state index contributed by atoms with van der Waals surface area (Å²) in [6.07, 6.45) is 1.28. The monoisotopic (exact) mass is 525 g/mol. The fourth-order valence-electron chi connectivity index (χ4n) is 2.77. The third-order valence-corrected chi connectivity index (χ3v) is 7.13. The van der Waals surface area contributed by atoms with Crippen LogP contribution in [0.4, 0.5) is 5.69 Å². The normalized spacial score (nSPS) is 11.4. The number of nitrogens with zero attached hydrogens (tertiary/aromatic N) is 2. The van der Waals surface area contributed by atoms with E-state index in [1.807, 2.05) is 0 Å². The molecule has 0 aromatic heterocycles. The Labute approximate surface area is 206 Å². The standard InChI is InChI=1S/C22H18Cl3N3O4S/c1-32-17-9-11-18(12-10-17)33(30,31)28(16-7-5-15(23)6-8-16)14-22(29)27-26-13-19-20(24)3-2-4-21(19)25/h2-13H,14H2,1H3,(H,27,29)/b26-13+. The maximum atomic E-state index is 13.3. The number of carbonyl (C=O) groups is 1. The Morgan fingerprint density at radius 1 is 1.00 bits per heavy atom. The van der Waals surface area contributed by atoms with Crippen LogP contribution in [0.3, 0.4) is 0 Å². The van der Waals surface area contributed by atoms with E-state index in [1.165, 1.54) is 61.9 Å². The van der Waals surface area contributed by atoms with Gasteiger partial charge < -0.3 is 4.74 Å². The van der Waals surface area contributed by atoms with Gasteiger partial charge in [0.05, 0.1) is 34.0 Å². The largest absolute Gasteiger partial charge is 0.497 e. The Kier molecular flexibility index (Phi) is 8.20. The van der Waals surface area contributed by atoms with Gasteiger partial charge >= 0.3 is 0 Å². The molecule has 1 N–H and O–H groups in total. The second-order valence-corrected chi connectivity index (χ2v) is 9.71. The molecular weight excluding hydrogens is 509 g/mol. The Morgan fingerprint density at radius 3 is 2.18 bits per heavy atom. The van der Waals surface area contributed by atoms with Crippen LogP contribution in [-0.2, 0) is 14.8 Å². The van der Waals surface area contributed by atoms with E-state index in [2.05, 4.69) is 10.5 Å². The van der Waals surface area contributed by atoms with Gasteiger partial charge in [0, 0.05) is 10.6 Å². The van der Waals surface area contributed by atoms with Crippen LogP contribution in [0.1, 0.15) is 5.56 Å². The molecule has 0 aliphatic carbocycles. The van der Waals surface area contributed by atoms with E-state index in [0.29, 0.717) is 26.4 Å². The molecule has 0 aliphatic heterocycles. The van der Waals surface area contributed by atoms with Crippen LogP contribution in [0.15, 0.2) is 76.7 Å². The molecule has 0 atom stereocenters. The van der Waals surface area contributed by atoms with E-state index in [4.69, 9.17) is 39.5 Å². The number of hydrogen-bond acceptors (Lipinski definition) is 5. The highest BCUT2D eigenvalue weighted by atomic mass is 35.5. The maximum Gasteiger partial charge on any atom is 0.264 e. The number of carbonyl (C=O) groups excluding carboxylic acids is 1. The van der Waals surface area contributed by atoms with E-state index in [1.54, 1.807) is 18.2 Å². The summed E-state index contributed by atoms with van der Waals surface area (Å²) in [5.41, 5.74) is 2.97. The number of anilines is 1. The molecule has 0 fully saturated rings. The summed E-state index contributed by atoms with van der Waals surface area (Å²) in [6.45, 7) is -0.538. The molecule has 7 nitrogen and oxygen atoms in total. The lowest BCUT2D eigenvalue weighted by Gasteiger charge is -2.23. The van der Waals surface area contributed by atoms with Crippen molar-refractivity contribution in [2.24, 2.45) is 5.10 Å². The van der Waals surface area contributed by atoms with Crippen LogP contribution < -0.4 is 14.5 Å². The number of hydrazone groups is 1. The van der Waals surface area contributed by atoms with Crippen LogP contribution in [-0.4, -0.2) is 34.2 Å². The minimum absolute atomic E-state index is 0.0163. The smallest absolute Gasteiger partial charge is 0.264 e. The molecule has 0 aliphatic rings. The van der Waals surface area contributed by atoms with Gasteiger partial charge in [-0.05, 0) is 60.7 Å². The third-order valence-electron chi connectivity index (χ3n) is 4.43. The molecule has 0 heterocycles. The zero-order chi connectivity index (χ0) is 24.0. The molecule has 1 amide bonds. The lowest BCUT2D eigenvalue weighted by atomic mass is 10.2. The zero-order valence-corrected chi connectivity index (χ0v) is 20.3. The van der Waals surface area contributed by atoms with Crippen molar-refractivity contribution < 1.29 is 17.9 Å². The van der Waals surface area contributed by atoms with E-state index < -0.39 is 22.5 Å². The first-order chi connectivity index (χ1) is 15.7. The van der Waals surface area contributed by atoms with Crippen molar-refractivity contribution in [2.45, 2.75) is 4.90 Å². The van der Waals surface area contributed by atoms with Crippen molar-refractivity contribution in [2.75, 3.05) is 18.0 Å². The second-order valence-electron chi connectivity index (χ2n) is 6.59. The number of amides is 1. The van der Waals surface area contributed by atoms with Crippen LogP contribution in [0.5, 0.6) is 5.75 Å². The van der Waals surface area contributed by atoms with Crippen LogP contribution in [0.25, 0.3) is 0 Å². The van der Waals surface area contributed by atoms with E-state index in [9.17, 15) is 13.2 Å². The molecule has 0 radical (unpaired) electrons. The number of nitrogens with one attached hydrogen (secondary N) is 1. The molecule has 0 saturated heterocycles. The molecule has 3 rings (SSSR count). The Morgan fingerprint density at radius 2 is 1.61 bits per heavy atom. The average molecular weight is 527 g/mol. The minimum atomic E-state index is -4.10. The van der Waals surface area contributed by atoms with Crippen molar-refractivity contribution in [3.05, 3.63) is 87.4 Å². The molecule has 11 heteroatoms. The summed E-state index contributed by atoms with van der Waals surface area (Å²) in [5, 5.41) is 4.98. The van der Waals surface area contributed by atoms with Gasteiger partial charge in [0.15, 0.2) is 0 Å². The zero-order valence-electron chi connectivity index (χ0n) is 17.2. The predicted octanol–water partition coefficient (Wildman–Crippen LogP) is 5.00. The van der Waals surface area contributed by atoms with Crippen LogP contribution in [0, 0.1) is 0 Å². The lowest BCUT2D eigenvalue weighted by Crippen LogP contribution is -2.39. The van der Waals surface area contributed by atoms with Crippen molar-refractivity contribution in [3.63, 3.8) is 0 Å². The van der Waals surface area contributed by atoms with Gasteiger partial charge in [-0.15, -0.1) is 0 Å². The number of halogens is 3. The van der Waals surface area contributed by atoms with Crippen molar-refractivity contribution in [1.29, 1.82) is 0 Å². The van der Waals surface area contributed by atoms with E-state index >= 15 is 0 Å². The molecule has 172 valence electrons. The summed E-state index contributed by atoms with van der Waals surface area (Å²) >= 11 is 18.1. The van der Waals surface area contributed by atoms with Crippen molar-refractivity contribution in [1.82, 2.24) is 5.43 Å². The molecule has 33 heavy (non-hydrogen) atoms. The average Bonchev–Trinajstić information content (AvgIpc) is 2.80. The molecular formula is C22H18Cl3N3O4S. The molecule has 3 aromatic carbocycles. The Balaban J connectivity index is 1.86. The molecule has 3 aromatic rings. The molecule has 0 spiro atoms. The number of methoxy groups -OCH3 is 1. The van der Waals surface area contributed by atoms with Gasteiger partial charge in [-0.3, -0.25) is 9.10 Å². The summed E-state index contributed by atoms with van der Waals surface area (Å²) in [5.74, 6) is -0.182. The van der Waals surface area contributed by atoms with Gasteiger partial charge in [0.2, 0.25) is 0 Å². The molecule has 0 saturated carbocycles. The SMILES string of the molecule is COc1ccc(S(=O)(=O)N(CC(=O)N/N=C/c2c(Cl)cccc2Cl)c2ccc(Cl)cc2)cc1. The van der Waals surface area contributed by atoms with Crippen LogP contribution >= 0.6 is 34.8 Å². The summed E-state index contributed by atoms with van der Waals surface area (Å²) in [7, 11) is -2.62. The van der Waals surface area contributed by atoms with Gasteiger partial charge in [0.1, 0.15) is 12.3 Å². The third kappa shape index (κ3) is 6.17. The topological polar surface area (TPSA) is 88.1 Å². The molecule has 0 unspecified atom stereocenters. The van der Waals surface area contributed by atoms with Gasteiger partial charge in [-0.25, -0.2) is 13.8 Å². The lowest BCUT2D eigenvalue weighted by molar-refractivity contribution is -0.119. The number of rotatable bonds is 8. The summed E-state index contributed by atoms with van der Waals surface area (Å²) in [4.78, 5) is 12.6. The number of sulfonamides is 1. The Hall–Kier alpha value is -2.78. The first-order valence-corrected chi connectivity index (χ1v) is 12.0. The van der Waals surface area contributed by atoms with Crippen LogP contribution in [0.2, 0.25) is 15.1 Å². The quantitative estimate of drug-likeness (QED) is 0.330. The Bertz CT molecular complexity index is 1240. The van der Waals surface area contributed by atoms with Gasteiger partial charge in [-0.1, -0.05) is 40.9 Å². The fraction of sp³-hybridized carbons (Fsp3) is 0.0909. The predicted molar refractivity (Wildman–Crippen MR) is 131 cm³/mol. The van der Waals surface area contributed by atoms with E-state index in [0.717, 1.165) is 4.31 Å². The van der Waals surface area contributed by atoms with Crippen molar-refractivity contribution >= 4 is 62.6 Å².